The van der Waals surface area contributed by atoms with Gasteiger partial charge in [-0.15, -0.1) is 11.8 Å². The summed E-state index contributed by atoms with van der Waals surface area (Å²) in [5, 5.41) is 12.0. The molecule has 0 radical (unpaired) electrons. The molecule has 3 nitrogen and oxygen atoms in total. The normalized spacial score (nSPS) is 10.9. The molecule has 2 aromatic carbocycles. The van der Waals surface area contributed by atoms with Crippen molar-refractivity contribution in [3.8, 4) is 6.07 Å². The molecule has 1 amide bonds. The molecule has 0 spiro atoms. The van der Waals surface area contributed by atoms with Crippen molar-refractivity contribution in [1.29, 1.82) is 5.26 Å². The number of carbonyl (C=O) groups is 1. The van der Waals surface area contributed by atoms with Crippen LogP contribution >= 0.6 is 11.8 Å². The van der Waals surface area contributed by atoms with Crippen LogP contribution in [0.3, 0.4) is 0 Å². The maximum absolute atomic E-state index is 12.1. The van der Waals surface area contributed by atoms with Gasteiger partial charge < -0.3 is 5.32 Å². The minimum atomic E-state index is -0.336. The average Bonchev–Trinajstić information content (AvgIpc) is 2.61. The Morgan fingerprint density at radius 1 is 1.17 bits per heavy atom. The fourth-order valence-electron chi connectivity index (χ4n) is 2.08. The zero-order valence-corrected chi connectivity index (χ0v) is 13.8. The topological polar surface area (TPSA) is 52.9 Å². The number of nitriles is 1. The van der Waals surface area contributed by atoms with Crippen LogP contribution in [-0.4, -0.2) is 18.7 Å². The molecule has 0 aliphatic rings. The van der Waals surface area contributed by atoms with Crippen molar-refractivity contribution in [2.24, 2.45) is 0 Å². The van der Waals surface area contributed by atoms with Crippen molar-refractivity contribution in [3.05, 3.63) is 71.3 Å². The number of thioether (sulfide) groups is 1. The second kappa shape index (κ2) is 8.82. The molecule has 0 atom stereocenters. The molecule has 0 aliphatic carbocycles. The molecule has 0 unspecified atom stereocenters. The quantitative estimate of drug-likeness (QED) is 0.501. The Bertz CT molecular complexity index is 715. The summed E-state index contributed by atoms with van der Waals surface area (Å²) in [6.07, 6.45) is 4.36. The van der Waals surface area contributed by atoms with Gasteiger partial charge in [0.25, 0.3) is 5.91 Å². The second-order valence-electron chi connectivity index (χ2n) is 4.93. The molecule has 4 heteroatoms. The molecule has 0 aromatic heterocycles. The van der Waals surface area contributed by atoms with Gasteiger partial charge in [-0.1, -0.05) is 42.5 Å². The van der Waals surface area contributed by atoms with Crippen LogP contribution in [0.15, 0.2) is 65.1 Å². The highest BCUT2D eigenvalue weighted by Gasteiger charge is 2.08. The Kier molecular flexibility index (Phi) is 6.46. The standard InChI is InChI=1S/C19H18N2OS/c1-23-18-9-7-16(8-10-18)13-17(14-20)19(22)21-12-11-15-5-3-2-4-6-15/h2-10,13H,11-12H2,1H3,(H,21,22)/b17-13+. The van der Waals surface area contributed by atoms with Gasteiger partial charge in [0.1, 0.15) is 11.6 Å². The van der Waals surface area contributed by atoms with E-state index >= 15 is 0 Å². The smallest absolute Gasteiger partial charge is 0.261 e. The van der Waals surface area contributed by atoms with Crippen LogP contribution in [0, 0.1) is 11.3 Å². The van der Waals surface area contributed by atoms with E-state index in [0.717, 1.165) is 22.4 Å². The molecule has 1 N–H and O–H groups in total. The van der Waals surface area contributed by atoms with E-state index in [2.05, 4.69) is 5.32 Å². The van der Waals surface area contributed by atoms with E-state index in [1.165, 1.54) is 0 Å². The van der Waals surface area contributed by atoms with Gasteiger partial charge in [0, 0.05) is 11.4 Å². The van der Waals surface area contributed by atoms with Gasteiger partial charge in [0.2, 0.25) is 0 Å². The molecule has 116 valence electrons. The Hall–Kier alpha value is -2.51. The summed E-state index contributed by atoms with van der Waals surface area (Å²) in [6, 6.07) is 19.6. The molecule has 2 rings (SSSR count). The van der Waals surface area contributed by atoms with E-state index in [1.54, 1.807) is 17.8 Å². The Labute approximate surface area is 141 Å². The van der Waals surface area contributed by atoms with E-state index in [4.69, 9.17) is 0 Å². The molecule has 0 bridgehead atoms. The third-order valence-corrected chi connectivity index (χ3v) is 4.08. The van der Waals surface area contributed by atoms with Crippen LogP contribution in [0.4, 0.5) is 0 Å². The number of benzene rings is 2. The van der Waals surface area contributed by atoms with Crippen molar-refractivity contribution in [2.75, 3.05) is 12.8 Å². The lowest BCUT2D eigenvalue weighted by Crippen LogP contribution is -2.26. The fraction of sp³-hybridized carbons (Fsp3) is 0.158. The lowest BCUT2D eigenvalue weighted by Gasteiger charge is -2.05. The third-order valence-electron chi connectivity index (χ3n) is 3.33. The molecular weight excluding hydrogens is 304 g/mol. The number of carbonyl (C=O) groups excluding carboxylic acids is 1. The molecule has 2 aromatic rings. The van der Waals surface area contributed by atoms with Crippen molar-refractivity contribution >= 4 is 23.7 Å². The fourth-order valence-corrected chi connectivity index (χ4v) is 2.48. The number of rotatable bonds is 6. The van der Waals surface area contributed by atoms with Crippen molar-refractivity contribution < 1.29 is 4.79 Å². The summed E-state index contributed by atoms with van der Waals surface area (Å²) in [4.78, 5) is 13.2. The summed E-state index contributed by atoms with van der Waals surface area (Å²) in [6.45, 7) is 0.507. The predicted molar refractivity (Wildman–Crippen MR) is 95.0 cm³/mol. The Balaban J connectivity index is 1.95. The SMILES string of the molecule is CSc1ccc(/C=C(\C#N)C(=O)NCCc2ccccc2)cc1. The van der Waals surface area contributed by atoms with Crippen LogP contribution in [0.2, 0.25) is 0 Å². The zero-order chi connectivity index (χ0) is 16.5. The molecule has 0 heterocycles. The number of hydrogen-bond acceptors (Lipinski definition) is 3. The summed E-state index contributed by atoms with van der Waals surface area (Å²) < 4.78 is 0. The molecule has 0 saturated heterocycles. The molecule has 0 saturated carbocycles. The summed E-state index contributed by atoms with van der Waals surface area (Å²) in [7, 11) is 0. The summed E-state index contributed by atoms with van der Waals surface area (Å²) in [5.41, 5.74) is 2.12. The van der Waals surface area contributed by atoms with Gasteiger partial charge in [0.15, 0.2) is 0 Å². The van der Waals surface area contributed by atoms with Crippen LogP contribution in [-0.2, 0) is 11.2 Å². The van der Waals surface area contributed by atoms with Crippen LogP contribution < -0.4 is 5.32 Å². The van der Waals surface area contributed by atoms with Crippen molar-refractivity contribution in [2.45, 2.75) is 11.3 Å². The van der Waals surface area contributed by atoms with Crippen LogP contribution in [0.5, 0.6) is 0 Å². The van der Waals surface area contributed by atoms with Gasteiger partial charge in [-0.2, -0.15) is 5.26 Å². The molecule has 0 fully saturated rings. The first-order chi connectivity index (χ1) is 11.2. The van der Waals surface area contributed by atoms with E-state index in [1.807, 2.05) is 66.9 Å². The number of nitrogens with zero attached hydrogens (tertiary/aromatic N) is 1. The number of hydrogen-bond donors (Lipinski definition) is 1. The highest BCUT2D eigenvalue weighted by molar-refractivity contribution is 7.98. The lowest BCUT2D eigenvalue weighted by molar-refractivity contribution is -0.117. The van der Waals surface area contributed by atoms with E-state index in [0.29, 0.717) is 6.54 Å². The van der Waals surface area contributed by atoms with E-state index in [-0.39, 0.29) is 11.5 Å². The lowest BCUT2D eigenvalue weighted by atomic mass is 10.1. The molecular formula is C19H18N2OS. The third kappa shape index (κ3) is 5.32. The van der Waals surface area contributed by atoms with Gasteiger partial charge in [-0.05, 0) is 42.0 Å². The van der Waals surface area contributed by atoms with E-state index < -0.39 is 0 Å². The average molecular weight is 322 g/mol. The van der Waals surface area contributed by atoms with Crippen LogP contribution in [0.1, 0.15) is 11.1 Å². The first kappa shape index (κ1) is 16.9. The predicted octanol–water partition coefficient (Wildman–Crippen LogP) is 3.67. The maximum Gasteiger partial charge on any atom is 0.261 e. The Morgan fingerprint density at radius 2 is 1.87 bits per heavy atom. The van der Waals surface area contributed by atoms with Crippen molar-refractivity contribution in [3.63, 3.8) is 0 Å². The van der Waals surface area contributed by atoms with Gasteiger partial charge in [-0.25, -0.2) is 0 Å². The zero-order valence-electron chi connectivity index (χ0n) is 13.0. The van der Waals surface area contributed by atoms with E-state index in [9.17, 15) is 10.1 Å². The maximum atomic E-state index is 12.1. The monoisotopic (exact) mass is 322 g/mol. The highest BCUT2D eigenvalue weighted by Crippen LogP contribution is 2.16. The number of amides is 1. The summed E-state index contributed by atoms with van der Waals surface area (Å²) >= 11 is 1.65. The highest BCUT2D eigenvalue weighted by atomic mass is 32.2. The largest absolute Gasteiger partial charge is 0.351 e. The first-order valence-electron chi connectivity index (χ1n) is 7.31. The molecule has 23 heavy (non-hydrogen) atoms. The van der Waals surface area contributed by atoms with Crippen LogP contribution in [0.25, 0.3) is 6.08 Å². The van der Waals surface area contributed by atoms with Crippen molar-refractivity contribution in [1.82, 2.24) is 5.32 Å². The minimum Gasteiger partial charge on any atom is -0.351 e. The Morgan fingerprint density at radius 3 is 2.48 bits per heavy atom. The van der Waals surface area contributed by atoms with Gasteiger partial charge in [0.05, 0.1) is 0 Å². The molecule has 0 aliphatic heterocycles. The minimum absolute atomic E-state index is 0.120. The summed E-state index contributed by atoms with van der Waals surface area (Å²) in [5.74, 6) is -0.336. The first-order valence-corrected chi connectivity index (χ1v) is 8.53. The van der Waals surface area contributed by atoms with Gasteiger partial charge in [-0.3, -0.25) is 4.79 Å². The second-order valence-corrected chi connectivity index (χ2v) is 5.81. The van der Waals surface area contributed by atoms with Gasteiger partial charge >= 0.3 is 0 Å². The number of nitrogens with one attached hydrogen (secondary N) is 1.